The van der Waals surface area contributed by atoms with Gasteiger partial charge in [0.2, 0.25) is 0 Å². The SMILES string of the molecule is C=C1Nc2cccc(N(CCCC)c3ccc(C(C=NC)=CN)c(C(F)F)c3)c2NC1C. The third-order valence-electron chi connectivity index (χ3n) is 5.59. The quantitative estimate of drug-likeness (QED) is 0.422. The zero-order valence-corrected chi connectivity index (χ0v) is 18.8. The Labute approximate surface area is 188 Å². The number of rotatable bonds is 8. The number of nitrogens with two attached hydrogens (primary N) is 1. The Morgan fingerprint density at radius 2 is 2.09 bits per heavy atom. The summed E-state index contributed by atoms with van der Waals surface area (Å²) in [6.45, 7) is 8.90. The van der Waals surface area contributed by atoms with Gasteiger partial charge in [0.1, 0.15) is 0 Å². The number of alkyl halides is 2. The summed E-state index contributed by atoms with van der Waals surface area (Å²) in [7, 11) is 1.58. The lowest BCUT2D eigenvalue weighted by Crippen LogP contribution is -2.29. The van der Waals surface area contributed by atoms with Gasteiger partial charge in [-0.25, -0.2) is 8.78 Å². The molecule has 2 aromatic rings. The summed E-state index contributed by atoms with van der Waals surface area (Å²) in [4.78, 5) is 6.03. The molecule has 2 aromatic carbocycles. The normalized spacial score (nSPS) is 16.1. The minimum atomic E-state index is -2.65. The van der Waals surface area contributed by atoms with Gasteiger partial charge in [-0.3, -0.25) is 4.99 Å². The van der Waals surface area contributed by atoms with Crippen molar-refractivity contribution < 1.29 is 8.78 Å². The minimum absolute atomic E-state index is 0.0428. The lowest BCUT2D eigenvalue weighted by molar-refractivity contribution is 0.151. The van der Waals surface area contributed by atoms with Gasteiger partial charge in [-0.2, -0.15) is 0 Å². The van der Waals surface area contributed by atoms with Crippen molar-refractivity contribution in [2.24, 2.45) is 10.7 Å². The molecule has 3 rings (SSSR count). The highest BCUT2D eigenvalue weighted by Gasteiger charge is 2.24. The van der Waals surface area contributed by atoms with E-state index in [4.69, 9.17) is 5.73 Å². The van der Waals surface area contributed by atoms with Gasteiger partial charge in [-0.15, -0.1) is 0 Å². The van der Waals surface area contributed by atoms with E-state index in [2.05, 4.69) is 34.0 Å². The van der Waals surface area contributed by atoms with Crippen LogP contribution in [0.2, 0.25) is 0 Å². The van der Waals surface area contributed by atoms with Crippen LogP contribution in [0.5, 0.6) is 0 Å². The highest BCUT2D eigenvalue weighted by molar-refractivity contribution is 6.10. The Bertz CT molecular complexity index is 1030. The van der Waals surface area contributed by atoms with E-state index in [9.17, 15) is 8.78 Å². The summed E-state index contributed by atoms with van der Waals surface area (Å²) in [5.74, 6) is 0. The first-order chi connectivity index (χ1) is 15.4. The van der Waals surface area contributed by atoms with Crippen LogP contribution in [-0.4, -0.2) is 25.8 Å². The van der Waals surface area contributed by atoms with E-state index in [-0.39, 0.29) is 11.6 Å². The smallest absolute Gasteiger partial charge is 0.264 e. The highest BCUT2D eigenvalue weighted by atomic mass is 19.3. The largest absolute Gasteiger partial charge is 0.404 e. The van der Waals surface area contributed by atoms with Crippen molar-refractivity contribution in [1.29, 1.82) is 0 Å². The fraction of sp³-hybridized carbons (Fsp3) is 0.320. The number of nitrogens with one attached hydrogen (secondary N) is 2. The maximum atomic E-state index is 14.1. The molecule has 1 heterocycles. The molecule has 1 aliphatic rings. The van der Waals surface area contributed by atoms with Crippen LogP contribution < -0.4 is 21.3 Å². The molecule has 0 spiro atoms. The fourth-order valence-electron chi connectivity index (χ4n) is 3.81. The van der Waals surface area contributed by atoms with E-state index in [0.29, 0.717) is 23.4 Å². The molecule has 0 saturated heterocycles. The first kappa shape index (κ1) is 23.3. The number of hydrogen-bond acceptors (Lipinski definition) is 5. The Balaban J connectivity index is 2.13. The van der Waals surface area contributed by atoms with E-state index in [1.165, 1.54) is 12.4 Å². The molecule has 0 saturated carbocycles. The topological polar surface area (TPSA) is 65.7 Å². The number of nitrogens with zero attached hydrogens (tertiary/aromatic N) is 2. The third kappa shape index (κ3) is 4.77. The molecule has 0 bridgehead atoms. The van der Waals surface area contributed by atoms with Gasteiger partial charge < -0.3 is 21.3 Å². The van der Waals surface area contributed by atoms with Crippen molar-refractivity contribution in [1.82, 2.24) is 0 Å². The van der Waals surface area contributed by atoms with Gasteiger partial charge in [0.15, 0.2) is 0 Å². The van der Waals surface area contributed by atoms with E-state index >= 15 is 0 Å². The molecule has 4 N–H and O–H groups in total. The Kier molecular flexibility index (Phi) is 7.51. The summed E-state index contributed by atoms with van der Waals surface area (Å²) in [5, 5.41) is 6.85. The molecule has 1 aliphatic heterocycles. The third-order valence-corrected chi connectivity index (χ3v) is 5.59. The van der Waals surface area contributed by atoms with Crippen LogP contribution >= 0.6 is 0 Å². The molecule has 1 atom stereocenters. The molecule has 0 aliphatic carbocycles. The summed E-state index contributed by atoms with van der Waals surface area (Å²) in [6, 6.07) is 11.1. The molecular formula is C25H31F2N5. The summed E-state index contributed by atoms with van der Waals surface area (Å²) in [6.07, 6.45) is 2.05. The summed E-state index contributed by atoms with van der Waals surface area (Å²) < 4.78 is 28.1. The molecular weight excluding hydrogens is 408 g/mol. The lowest BCUT2D eigenvalue weighted by atomic mass is 9.99. The Hall–Kier alpha value is -3.35. The van der Waals surface area contributed by atoms with Crippen molar-refractivity contribution in [3.63, 3.8) is 0 Å². The van der Waals surface area contributed by atoms with Crippen molar-refractivity contribution in [2.75, 3.05) is 29.1 Å². The maximum absolute atomic E-state index is 14.1. The van der Waals surface area contributed by atoms with Gasteiger partial charge in [0.25, 0.3) is 6.43 Å². The Morgan fingerprint density at radius 3 is 2.75 bits per heavy atom. The highest BCUT2D eigenvalue weighted by Crippen LogP contribution is 2.42. The number of halogens is 2. The van der Waals surface area contributed by atoms with Crippen molar-refractivity contribution in [3.8, 4) is 0 Å². The minimum Gasteiger partial charge on any atom is -0.404 e. The van der Waals surface area contributed by atoms with Crippen molar-refractivity contribution in [2.45, 2.75) is 39.2 Å². The predicted molar refractivity (Wildman–Crippen MR) is 132 cm³/mol. The standard InChI is InChI=1S/C25H31F2N5/c1-5-6-12-32(23-9-7-8-22-24(23)31-17(3)16(2)30-22)19-10-11-20(18(14-28)15-29-4)21(13-19)25(26)27/h7-11,13-15,17,25,30-31H,2,5-6,12,28H2,1,3-4H3. The second-order valence-corrected chi connectivity index (χ2v) is 7.80. The average molecular weight is 440 g/mol. The molecule has 0 fully saturated rings. The van der Waals surface area contributed by atoms with Crippen LogP contribution in [-0.2, 0) is 0 Å². The number of benzene rings is 2. The first-order valence-corrected chi connectivity index (χ1v) is 10.8. The van der Waals surface area contributed by atoms with Gasteiger partial charge in [0, 0.05) is 48.5 Å². The lowest BCUT2D eigenvalue weighted by Gasteiger charge is -2.34. The van der Waals surface area contributed by atoms with Crippen molar-refractivity contribution in [3.05, 3.63) is 66.0 Å². The van der Waals surface area contributed by atoms with E-state index < -0.39 is 6.43 Å². The average Bonchev–Trinajstić information content (AvgIpc) is 2.78. The molecule has 0 amide bonds. The maximum Gasteiger partial charge on any atom is 0.264 e. The number of anilines is 4. The van der Waals surface area contributed by atoms with Gasteiger partial charge >= 0.3 is 0 Å². The molecule has 0 radical (unpaired) electrons. The van der Waals surface area contributed by atoms with E-state index in [0.717, 1.165) is 35.6 Å². The molecule has 0 aromatic heterocycles. The summed E-state index contributed by atoms with van der Waals surface area (Å²) >= 11 is 0. The Morgan fingerprint density at radius 1 is 1.31 bits per heavy atom. The summed E-state index contributed by atoms with van der Waals surface area (Å²) in [5.41, 5.74) is 10.8. The van der Waals surface area contributed by atoms with Gasteiger partial charge in [-0.05, 0) is 43.2 Å². The molecule has 7 heteroatoms. The fourth-order valence-corrected chi connectivity index (χ4v) is 3.81. The number of unbranched alkanes of at least 4 members (excludes halogenated alkanes) is 1. The monoisotopic (exact) mass is 439 g/mol. The number of aliphatic imine (C=N–C) groups is 1. The number of fused-ring (bicyclic) bond motifs is 1. The van der Waals surface area contributed by atoms with Crippen LogP contribution in [0.4, 0.5) is 31.5 Å². The van der Waals surface area contributed by atoms with E-state index in [1.807, 2.05) is 31.2 Å². The van der Waals surface area contributed by atoms with Crippen molar-refractivity contribution >= 4 is 34.5 Å². The molecule has 1 unspecified atom stereocenters. The van der Waals surface area contributed by atoms with Crippen LogP contribution in [0.3, 0.4) is 0 Å². The first-order valence-electron chi connectivity index (χ1n) is 10.8. The van der Waals surface area contributed by atoms with E-state index in [1.54, 1.807) is 19.2 Å². The zero-order valence-electron chi connectivity index (χ0n) is 18.8. The number of hydrogen-bond donors (Lipinski definition) is 3. The second kappa shape index (κ2) is 10.3. The molecule has 5 nitrogen and oxygen atoms in total. The predicted octanol–water partition coefficient (Wildman–Crippen LogP) is 6.30. The molecule has 32 heavy (non-hydrogen) atoms. The number of para-hydroxylation sites is 1. The zero-order chi connectivity index (χ0) is 23.3. The van der Waals surface area contributed by atoms with Crippen LogP contribution in [0, 0.1) is 0 Å². The van der Waals surface area contributed by atoms with Crippen LogP contribution in [0.1, 0.15) is 44.2 Å². The number of allylic oxidation sites excluding steroid dienone is 1. The van der Waals surface area contributed by atoms with Gasteiger partial charge in [0.05, 0.1) is 23.1 Å². The molecule has 170 valence electrons. The second-order valence-electron chi connectivity index (χ2n) is 7.80. The van der Waals surface area contributed by atoms with Crippen LogP contribution in [0.15, 0.2) is 59.9 Å². The van der Waals surface area contributed by atoms with Gasteiger partial charge in [-0.1, -0.05) is 32.1 Å². The van der Waals surface area contributed by atoms with Crippen LogP contribution in [0.25, 0.3) is 5.57 Å².